The second kappa shape index (κ2) is 14.6. The lowest BCUT2D eigenvalue weighted by molar-refractivity contribution is -0.140. The Hall–Kier alpha value is -3.27. The van der Waals surface area contributed by atoms with Crippen LogP contribution in [-0.4, -0.2) is 57.1 Å². The number of hydrogen-bond acceptors (Lipinski definition) is 5. The molecule has 0 aliphatic carbocycles. The van der Waals surface area contributed by atoms with E-state index < -0.39 is 28.5 Å². The van der Waals surface area contributed by atoms with Gasteiger partial charge in [-0.25, -0.2) is 8.42 Å². The summed E-state index contributed by atoms with van der Waals surface area (Å²) in [6.45, 7) is 3.28. The van der Waals surface area contributed by atoms with E-state index in [1.54, 1.807) is 31.4 Å². The number of methoxy groups -OCH3 is 1. The zero-order valence-electron chi connectivity index (χ0n) is 23.5. The maximum Gasteiger partial charge on any atom is 0.244 e. The smallest absolute Gasteiger partial charge is 0.244 e. The normalized spacial score (nSPS) is 12.7. The van der Waals surface area contributed by atoms with E-state index in [2.05, 4.69) is 5.32 Å². The van der Waals surface area contributed by atoms with Gasteiger partial charge in [0.05, 0.1) is 29.1 Å². The van der Waals surface area contributed by atoms with Crippen molar-refractivity contribution in [1.29, 1.82) is 0 Å². The minimum absolute atomic E-state index is 0.00193. The van der Waals surface area contributed by atoms with Gasteiger partial charge in [0.1, 0.15) is 18.3 Å². The van der Waals surface area contributed by atoms with Crippen LogP contribution in [0.15, 0.2) is 72.8 Å². The van der Waals surface area contributed by atoms with Crippen LogP contribution in [0, 0.1) is 0 Å². The standard InChI is InChI=1S/C30H35Cl2N3O5S/c1-5-21(2)33-30(37)27(18-22-11-7-6-8-12-22)34(19-23-13-9-14-24(17-23)40-3)28(36)20-35(41(4,38)39)26-16-10-15-25(31)29(26)32/h6-17,21,27H,5,18-20H2,1-4H3,(H,33,37)/t21-,27-/m1/s1. The van der Waals surface area contributed by atoms with Crippen LogP contribution in [0.3, 0.4) is 0 Å². The molecule has 220 valence electrons. The number of sulfonamides is 1. The molecule has 0 saturated carbocycles. The number of rotatable bonds is 13. The molecule has 0 saturated heterocycles. The van der Waals surface area contributed by atoms with Gasteiger partial charge in [-0.1, -0.05) is 78.7 Å². The van der Waals surface area contributed by atoms with E-state index in [4.69, 9.17) is 27.9 Å². The first-order chi connectivity index (χ1) is 19.4. The van der Waals surface area contributed by atoms with E-state index in [1.165, 1.54) is 17.0 Å². The summed E-state index contributed by atoms with van der Waals surface area (Å²) in [5.41, 5.74) is 1.62. The molecule has 2 atom stereocenters. The monoisotopic (exact) mass is 619 g/mol. The molecule has 11 heteroatoms. The summed E-state index contributed by atoms with van der Waals surface area (Å²) >= 11 is 12.5. The largest absolute Gasteiger partial charge is 0.497 e. The van der Waals surface area contributed by atoms with Gasteiger partial charge >= 0.3 is 0 Å². The van der Waals surface area contributed by atoms with Crippen LogP contribution in [0.4, 0.5) is 5.69 Å². The van der Waals surface area contributed by atoms with Crippen molar-refractivity contribution in [3.63, 3.8) is 0 Å². The van der Waals surface area contributed by atoms with Gasteiger partial charge in [0, 0.05) is 19.0 Å². The fourth-order valence-corrected chi connectivity index (χ4v) is 5.54. The van der Waals surface area contributed by atoms with Gasteiger partial charge in [-0.15, -0.1) is 0 Å². The van der Waals surface area contributed by atoms with Gasteiger partial charge in [0.25, 0.3) is 0 Å². The Balaban J connectivity index is 2.10. The molecule has 0 unspecified atom stereocenters. The fourth-order valence-electron chi connectivity index (χ4n) is 4.24. The Kier molecular flexibility index (Phi) is 11.5. The predicted molar refractivity (Wildman–Crippen MR) is 164 cm³/mol. The quantitative estimate of drug-likeness (QED) is 0.279. The lowest BCUT2D eigenvalue weighted by Gasteiger charge is -2.34. The third-order valence-electron chi connectivity index (χ3n) is 6.64. The summed E-state index contributed by atoms with van der Waals surface area (Å²) in [5.74, 6) is -0.345. The molecule has 0 bridgehead atoms. The second-order valence-corrected chi connectivity index (χ2v) is 12.4. The molecule has 8 nitrogen and oxygen atoms in total. The number of anilines is 1. The first-order valence-electron chi connectivity index (χ1n) is 13.1. The first kappa shape index (κ1) is 32.2. The molecule has 0 aliphatic heterocycles. The number of carbonyl (C=O) groups is 2. The summed E-state index contributed by atoms with van der Waals surface area (Å²) in [6.07, 6.45) is 1.90. The first-order valence-corrected chi connectivity index (χ1v) is 15.7. The van der Waals surface area contributed by atoms with E-state index in [1.807, 2.05) is 50.2 Å². The Bertz CT molecular complexity index is 1450. The number of benzene rings is 3. The van der Waals surface area contributed by atoms with Crippen molar-refractivity contribution >= 4 is 50.7 Å². The van der Waals surface area contributed by atoms with E-state index >= 15 is 0 Å². The maximum absolute atomic E-state index is 14.2. The molecule has 2 amide bonds. The summed E-state index contributed by atoms with van der Waals surface area (Å²) in [5, 5.41) is 3.15. The predicted octanol–water partition coefficient (Wildman–Crippen LogP) is 5.32. The molecule has 3 rings (SSSR count). The highest BCUT2D eigenvalue weighted by Crippen LogP contribution is 2.34. The highest BCUT2D eigenvalue weighted by Gasteiger charge is 2.34. The minimum atomic E-state index is -3.97. The minimum Gasteiger partial charge on any atom is -0.497 e. The van der Waals surface area contributed by atoms with Crippen molar-refractivity contribution in [2.75, 3.05) is 24.2 Å². The fraction of sp³-hybridized carbons (Fsp3) is 0.333. The molecule has 0 aliphatic rings. The third-order valence-corrected chi connectivity index (χ3v) is 8.57. The molecule has 1 N–H and O–H groups in total. The maximum atomic E-state index is 14.2. The summed E-state index contributed by atoms with van der Waals surface area (Å²) in [6, 6.07) is 20.0. The Morgan fingerprint density at radius 3 is 2.27 bits per heavy atom. The van der Waals surface area contributed by atoms with E-state index in [9.17, 15) is 18.0 Å². The van der Waals surface area contributed by atoms with E-state index in [0.717, 1.165) is 16.1 Å². The Morgan fingerprint density at radius 2 is 1.63 bits per heavy atom. The molecule has 3 aromatic carbocycles. The van der Waals surface area contributed by atoms with Crippen LogP contribution in [0.1, 0.15) is 31.4 Å². The van der Waals surface area contributed by atoms with Crippen molar-refractivity contribution in [1.82, 2.24) is 10.2 Å². The summed E-state index contributed by atoms with van der Waals surface area (Å²) < 4.78 is 32.1. The molecular weight excluding hydrogens is 585 g/mol. The molecule has 0 heterocycles. The average Bonchev–Trinajstić information content (AvgIpc) is 2.95. The molecule has 0 aromatic heterocycles. The highest BCUT2D eigenvalue weighted by atomic mass is 35.5. The second-order valence-electron chi connectivity index (χ2n) is 9.74. The van der Waals surface area contributed by atoms with Crippen LogP contribution in [0.5, 0.6) is 5.75 Å². The van der Waals surface area contributed by atoms with Crippen LogP contribution < -0.4 is 14.4 Å². The van der Waals surface area contributed by atoms with Crippen molar-refractivity contribution in [3.05, 3.63) is 94.0 Å². The lowest BCUT2D eigenvalue weighted by Crippen LogP contribution is -2.54. The third kappa shape index (κ3) is 8.86. The number of nitrogens with one attached hydrogen (secondary N) is 1. The van der Waals surface area contributed by atoms with Crippen LogP contribution in [0.25, 0.3) is 0 Å². The zero-order valence-corrected chi connectivity index (χ0v) is 25.8. The number of ether oxygens (including phenoxy) is 1. The molecule has 3 aromatic rings. The van der Waals surface area contributed by atoms with Gasteiger partial charge in [0.2, 0.25) is 21.8 Å². The Labute approximate surface area is 252 Å². The number of carbonyl (C=O) groups excluding carboxylic acids is 2. The molecule has 0 radical (unpaired) electrons. The lowest BCUT2D eigenvalue weighted by atomic mass is 10.0. The van der Waals surface area contributed by atoms with Gasteiger partial charge < -0.3 is 15.0 Å². The zero-order chi connectivity index (χ0) is 30.2. The number of nitrogens with zero attached hydrogens (tertiary/aromatic N) is 2. The van der Waals surface area contributed by atoms with Gasteiger partial charge in [-0.05, 0) is 48.7 Å². The van der Waals surface area contributed by atoms with Crippen LogP contribution in [0.2, 0.25) is 10.0 Å². The molecule has 0 fully saturated rings. The van der Waals surface area contributed by atoms with Gasteiger partial charge in [-0.3, -0.25) is 13.9 Å². The molecule has 41 heavy (non-hydrogen) atoms. The van der Waals surface area contributed by atoms with Gasteiger partial charge in [-0.2, -0.15) is 0 Å². The van der Waals surface area contributed by atoms with Crippen LogP contribution >= 0.6 is 23.2 Å². The molecule has 0 spiro atoms. The summed E-state index contributed by atoms with van der Waals surface area (Å²) in [4.78, 5) is 29.3. The van der Waals surface area contributed by atoms with Gasteiger partial charge in [0.15, 0.2) is 0 Å². The number of hydrogen-bond donors (Lipinski definition) is 1. The number of halogens is 2. The molecular formula is C30H35Cl2N3O5S. The summed E-state index contributed by atoms with van der Waals surface area (Å²) in [7, 11) is -2.43. The van der Waals surface area contributed by atoms with Crippen molar-refractivity contribution in [2.45, 2.75) is 45.3 Å². The van der Waals surface area contributed by atoms with Crippen LogP contribution in [-0.2, 0) is 32.6 Å². The Morgan fingerprint density at radius 1 is 0.976 bits per heavy atom. The van der Waals surface area contributed by atoms with Crippen molar-refractivity contribution in [3.8, 4) is 5.75 Å². The number of amides is 2. The van der Waals surface area contributed by atoms with E-state index in [-0.39, 0.29) is 40.6 Å². The SMILES string of the molecule is CC[C@@H](C)NC(=O)[C@@H](Cc1ccccc1)N(Cc1cccc(OC)c1)C(=O)CN(c1cccc(Cl)c1Cl)S(C)(=O)=O. The van der Waals surface area contributed by atoms with Crippen molar-refractivity contribution in [2.24, 2.45) is 0 Å². The average molecular weight is 621 g/mol. The van der Waals surface area contributed by atoms with E-state index in [0.29, 0.717) is 17.7 Å². The highest BCUT2D eigenvalue weighted by molar-refractivity contribution is 7.92. The van der Waals surface area contributed by atoms with Crippen molar-refractivity contribution < 1.29 is 22.7 Å². The topological polar surface area (TPSA) is 96.0 Å².